The van der Waals surface area contributed by atoms with Crippen molar-refractivity contribution in [2.24, 2.45) is 5.92 Å². The van der Waals surface area contributed by atoms with Gasteiger partial charge in [-0.15, -0.1) is 0 Å². The number of hydrogen-bond acceptors (Lipinski definition) is 4. The molecule has 20 heavy (non-hydrogen) atoms. The summed E-state index contributed by atoms with van der Waals surface area (Å²) < 4.78 is 5.63. The van der Waals surface area contributed by atoms with Crippen LogP contribution in [0.15, 0.2) is 18.2 Å². The number of nitrogens with zero attached hydrogens (tertiary/aromatic N) is 1. The smallest absolute Gasteiger partial charge is 0.275 e. The van der Waals surface area contributed by atoms with Crippen LogP contribution in [0.4, 0.5) is 5.69 Å². The molecular weight excluding hydrogens is 280 g/mol. The van der Waals surface area contributed by atoms with Crippen LogP contribution in [-0.4, -0.2) is 24.2 Å². The van der Waals surface area contributed by atoms with Crippen LogP contribution in [-0.2, 0) is 11.3 Å². The Morgan fingerprint density at radius 1 is 1.55 bits per heavy atom. The average Bonchev–Trinajstić information content (AvgIpc) is 2.87. The Bertz CT molecular complexity index is 481. The highest BCUT2D eigenvalue weighted by Gasteiger charge is 2.26. The molecule has 2 unspecified atom stereocenters. The van der Waals surface area contributed by atoms with Crippen molar-refractivity contribution in [1.29, 1.82) is 0 Å². The molecule has 2 atom stereocenters. The molecular formula is C14H19ClN2O3. The van der Waals surface area contributed by atoms with Crippen molar-refractivity contribution in [3.8, 4) is 0 Å². The van der Waals surface area contributed by atoms with E-state index in [-0.39, 0.29) is 5.69 Å². The minimum atomic E-state index is -0.392. The van der Waals surface area contributed by atoms with Crippen molar-refractivity contribution in [3.05, 3.63) is 38.9 Å². The molecule has 0 radical (unpaired) electrons. The van der Waals surface area contributed by atoms with E-state index in [1.807, 2.05) is 0 Å². The van der Waals surface area contributed by atoms with Crippen molar-refractivity contribution >= 4 is 17.3 Å². The van der Waals surface area contributed by atoms with E-state index >= 15 is 0 Å². The van der Waals surface area contributed by atoms with Gasteiger partial charge in [0.2, 0.25) is 0 Å². The maximum atomic E-state index is 11.0. The molecule has 1 saturated heterocycles. The molecule has 6 heteroatoms. The molecule has 1 fully saturated rings. The highest BCUT2D eigenvalue weighted by Crippen LogP contribution is 2.27. The van der Waals surface area contributed by atoms with Gasteiger partial charge in [0, 0.05) is 25.8 Å². The van der Waals surface area contributed by atoms with Crippen molar-refractivity contribution < 1.29 is 9.66 Å². The number of rotatable bonds is 6. The number of halogens is 1. The number of nitro benzene ring substituents is 1. The van der Waals surface area contributed by atoms with Gasteiger partial charge in [0.25, 0.3) is 5.69 Å². The zero-order valence-corrected chi connectivity index (χ0v) is 12.2. The first-order valence-electron chi connectivity index (χ1n) is 6.87. The number of nitro groups is 1. The fourth-order valence-corrected chi connectivity index (χ4v) is 2.89. The average molecular weight is 299 g/mol. The molecule has 1 aromatic carbocycles. The summed E-state index contributed by atoms with van der Waals surface area (Å²) in [6, 6.07) is 4.76. The molecule has 1 aliphatic rings. The van der Waals surface area contributed by atoms with E-state index in [0.29, 0.717) is 29.2 Å². The Labute approximate surface area is 123 Å². The van der Waals surface area contributed by atoms with Crippen LogP contribution in [0.5, 0.6) is 0 Å². The zero-order valence-electron chi connectivity index (χ0n) is 11.5. The molecule has 0 saturated carbocycles. The topological polar surface area (TPSA) is 64.4 Å². The fraction of sp³-hybridized carbons (Fsp3) is 0.571. The van der Waals surface area contributed by atoms with Crippen molar-refractivity contribution in [2.45, 2.75) is 32.4 Å². The first-order chi connectivity index (χ1) is 9.63. The Morgan fingerprint density at radius 2 is 2.35 bits per heavy atom. The molecule has 2 rings (SSSR count). The van der Waals surface area contributed by atoms with Crippen LogP contribution in [0, 0.1) is 16.0 Å². The molecule has 1 N–H and O–H groups in total. The Hall–Kier alpha value is -1.17. The number of benzene rings is 1. The molecule has 0 aliphatic carbocycles. The third-order valence-electron chi connectivity index (χ3n) is 3.75. The minimum absolute atomic E-state index is 0.0692. The number of nitrogens with one attached hydrogen (secondary N) is 1. The first kappa shape index (κ1) is 15.2. The van der Waals surface area contributed by atoms with Crippen LogP contribution in [0.1, 0.15) is 25.3 Å². The predicted molar refractivity (Wildman–Crippen MR) is 78.0 cm³/mol. The lowest BCUT2D eigenvalue weighted by Gasteiger charge is -2.17. The Kier molecular flexibility index (Phi) is 5.34. The second-order valence-electron chi connectivity index (χ2n) is 4.99. The monoisotopic (exact) mass is 298 g/mol. The molecule has 1 aliphatic heterocycles. The summed E-state index contributed by atoms with van der Waals surface area (Å²) in [4.78, 5) is 10.6. The lowest BCUT2D eigenvalue weighted by atomic mass is 9.99. The molecule has 0 aromatic heterocycles. The van der Waals surface area contributed by atoms with E-state index in [0.717, 1.165) is 26.0 Å². The van der Waals surface area contributed by atoms with E-state index in [9.17, 15) is 10.1 Å². The Balaban J connectivity index is 1.96. The molecule has 0 bridgehead atoms. The van der Waals surface area contributed by atoms with Gasteiger partial charge < -0.3 is 10.1 Å². The number of ether oxygens (including phenoxy) is 1. The SMILES string of the molecule is CCC1OCCC1CNCc1c(Cl)cccc1[N+](=O)[O-]. The van der Waals surface area contributed by atoms with E-state index in [1.165, 1.54) is 6.07 Å². The van der Waals surface area contributed by atoms with E-state index in [2.05, 4.69) is 12.2 Å². The van der Waals surface area contributed by atoms with Crippen molar-refractivity contribution in [1.82, 2.24) is 5.32 Å². The van der Waals surface area contributed by atoms with Crippen LogP contribution < -0.4 is 5.32 Å². The van der Waals surface area contributed by atoms with Crippen LogP contribution in [0.25, 0.3) is 0 Å². The van der Waals surface area contributed by atoms with E-state index < -0.39 is 4.92 Å². The van der Waals surface area contributed by atoms with Gasteiger partial charge >= 0.3 is 0 Å². The van der Waals surface area contributed by atoms with Crippen molar-refractivity contribution in [2.75, 3.05) is 13.2 Å². The van der Waals surface area contributed by atoms with Gasteiger partial charge in [-0.25, -0.2) is 0 Å². The van der Waals surface area contributed by atoms with Gasteiger partial charge in [-0.1, -0.05) is 24.6 Å². The van der Waals surface area contributed by atoms with E-state index in [4.69, 9.17) is 16.3 Å². The second kappa shape index (κ2) is 7.02. The summed E-state index contributed by atoms with van der Waals surface area (Å²) in [5, 5.41) is 14.7. The lowest BCUT2D eigenvalue weighted by molar-refractivity contribution is -0.385. The van der Waals surface area contributed by atoms with E-state index in [1.54, 1.807) is 12.1 Å². The van der Waals surface area contributed by atoms with Crippen LogP contribution >= 0.6 is 11.6 Å². The number of hydrogen-bond donors (Lipinski definition) is 1. The quantitative estimate of drug-likeness (QED) is 0.647. The first-order valence-corrected chi connectivity index (χ1v) is 7.25. The summed E-state index contributed by atoms with van der Waals surface area (Å²) in [7, 11) is 0. The standard InChI is InChI=1S/C14H19ClN2O3/c1-2-14-10(6-7-20-14)8-16-9-11-12(15)4-3-5-13(11)17(18)19/h3-5,10,14,16H,2,6-9H2,1H3. The minimum Gasteiger partial charge on any atom is -0.378 e. The summed E-state index contributed by atoms with van der Waals surface area (Å²) in [6.07, 6.45) is 2.33. The molecule has 1 heterocycles. The highest BCUT2D eigenvalue weighted by molar-refractivity contribution is 6.31. The van der Waals surface area contributed by atoms with Gasteiger partial charge in [-0.2, -0.15) is 0 Å². The zero-order chi connectivity index (χ0) is 14.5. The van der Waals surface area contributed by atoms with Crippen LogP contribution in [0.2, 0.25) is 5.02 Å². The fourth-order valence-electron chi connectivity index (χ4n) is 2.65. The largest absolute Gasteiger partial charge is 0.378 e. The van der Waals surface area contributed by atoms with Crippen LogP contribution in [0.3, 0.4) is 0 Å². The molecule has 5 nitrogen and oxygen atoms in total. The normalized spacial score (nSPS) is 22.1. The summed E-state index contributed by atoms with van der Waals surface area (Å²) >= 11 is 6.06. The van der Waals surface area contributed by atoms with Crippen molar-refractivity contribution in [3.63, 3.8) is 0 Å². The summed E-state index contributed by atoms with van der Waals surface area (Å²) in [6.45, 7) is 4.11. The molecule has 0 amide bonds. The second-order valence-corrected chi connectivity index (χ2v) is 5.40. The molecule has 1 aromatic rings. The highest BCUT2D eigenvalue weighted by atomic mass is 35.5. The third-order valence-corrected chi connectivity index (χ3v) is 4.10. The maximum Gasteiger partial charge on any atom is 0.275 e. The molecule has 110 valence electrons. The van der Waals surface area contributed by atoms with Gasteiger partial charge in [-0.05, 0) is 24.8 Å². The van der Waals surface area contributed by atoms with Gasteiger partial charge in [0.05, 0.1) is 21.6 Å². The predicted octanol–water partition coefficient (Wildman–Crippen LogP) is 3.15. The summed E-state index contributed by atoms with van der Waals surface area (Å²) in [5.74, 6) is 0.474. The van der Waals surface area contributed by atoms with Gasteiger partial charge in [0.1, 0.15) is 0 Å². The Morgan fingerprint density at radius 3 is 3.05 bits per heavy atom. The van der Waals surface area contributed by atoms with Gasteiger partial charge in [0.15, 0.2) is 0 Å². The lowest BCUT2D eigenvalue weighted by Crippen LogP contribution is -2.28. The third kappa shape index (κ3) is 3.48. The van der Waals surface area contributed by atoms with Gasteiger partial charge in [-0.3, -0.25) is 10.1 Å². The summed E-state index contributed by atoms with van der Waals surface area (Å²) in [5.41, 5.74) is 0.617. The molecule has 0 spiro atoms. The maximum absolute atomic E-state index is 11.0.